The molecule has 0 heterocycles. The van der Waals surface area contributed by atoms with Crippen molar-refractivity contribution in [2.75, 3.05) is 16.8 Å². The molecule has 2 rings (SSSR count). The minimum Gasteiger partial charge on any atom is -0.377 e. The van der Waals surface area contributed by atoms with Crippen LogP contribution in [0.4, 0.5) is 11.4 Å². The second-order valence-corrected chi connectivity index (χ2v) is 5.51. The molecule has 2 aromatic rings. The van der Waals surface area contributed by atoms with Crippen molar-refractivity contribution in [3.05, 3.63) is 54.6 Å². The molecule has 0 aromatic heterocycles. The van der Waals surface area contributed by atoms with Crippen molar-refractivity contribution in [1.29, 1.82) is 0 Å². The Hall–Kier alpha value is -2.05. The first-order valence-corrected chi connectivity index (χ1v) is 7.13. The highest BCUT2D eigenvalue weighted by Gasteiger charge is 2.13. The summed E-state index contributed by atoms with van der Waals surface area (Å²) in [5.41, 5.74) is 1.17. The summed E-state index contributed by atoms with van der Waals surface area (Å²) >= 11 is 0. The molecule has 2 aromatic carbocycles. The first kappa shape index (κ1) is 13.4. The van der Waals surface area contributed by atoms with Gasteiger partial charge in [-0.3, -0.25) is 4.72 Å². The highest BCUT2D eigenvalue weighted by Crippen LogP contribution is 2.17. The molecule has 5 nitrogen and oxygen atoms in total. The van der Waals surface area contributed by atoms with E-state index in [1.165, 1.54) is 12.1 Å². The molecule has 0 spiro atoms. The number of hydrogen-bond acceptors (Lipinski definition) is 4. The lowest BCUT2D eigenvalue weighted by Crippen LogP contribution is -2.12. The molecule has 0 saturated heterocycles. The minimum atomic E-state index is -3.59. The molecular formula is C13H14N2O3S. The molecule has 0 fully saturated rings. The molecule has 0 saturated carbocycles. The fourth-order valence-corrected chi connectivity index (χ4v) is 2.62. The molecule has 0 aliphatic carbocycles. The Bertz CT molecular complexity index is 625. The Morgan fingerprint density at radius 2 is 1.53 bits per heavy atom. The summed E-state index contributed by atoms with van der Waals surface area (Å²) in [5.74, 6) is 0. The zero-order chi connectivity index (χ0) is 13.7. The molecular weight excluding hydrogens is 264 g/mol. The summed E-state index contributed by atoms with van der Waals surface area (Å²) in [6, 6.07) is 14.8. The molecule has 3 N–H and O–H groups in total. The van der Waals surface area contributed by atoms with Crippen molar-refractivity contribution in [3.63, 3.8) is 0 Å². The van der Waals surface area contributed by atoms with Gasteiger partial charge in [-0.15, -0.1) is 0 Å². The Labute approximate surface area is 112 Å². The number of sulfonamides is 1. The van der Waals surface area contributed by atoms with Crippen LogP contribution < -0.4 is 10.0 Å². The fourth-order valence-electron chi connectivity index (χ4n) is 1.56. The van der Waals surface area contributed by atoms with Gasteiger partial charge in [-0.1, -0.05) is 18.2 Å². The lowest BCUT2D eigenvalue weighted by Gasteiger charge is -2.09. The number of para-hydroxylation sites is 1. The zero-order valence-electron chi connectivity index (χ0n) is 10.1. The number of aliphatic hydroxyl groups excluding tert-OH is 1. The monoisotopic (exact) mass is 278 g/mol. The van der Waals surface area contributed by atoms with Gasteiger partial charge in [-0.2, -0.15) is 0 Å². The van der Waals surface area contributed by atoms with Gasteiger partial charge in [-0.05, 0) is 36.4 Å². The van der Waals surface area contributed by atoms with E-state index in [4.69, 9.17) is 5.11 Å². The van der Waals surface area contributed by atoms with Crippen LogP contribution in [0.15, 0.2) is 59.5 Å². The maximum Gasteiger partial charge on any atom is 0.261 e. The van der Waals surface area contributed by atoms with Crippen LogP contribution in [0.5, 0.6) is 0 Å². The van der Waals surface area contributed by atoms with E-state index < -0.39 is 10.0 Å². The smallest absolute Gasteiger partial charge is 0.261 e. The lowest BCUT2D eigenvalue weighted by molar-refractivity contribution is 0.325. The van der Waals surface area contributed by atoms with Gasteiger partial charge >= 0.3 is 0 Å². The van der Waals surface area contributed by atoms with Crippen LogP contribution in [0.1, 0.15) is 0 Å². The molecule has 0 atom stereocenters. The van der Waals surface area contributed by atoms with E-state index in [0.29, 0.717) is 11.4 Å². The highest BCUT2D eigenvalue weighted by atomic mass is 32.2. The summed E-state index contributed by atoms with van der Waals surface area (Å²) in [4.78, 5) is 0.167. The summed E-state index contributed by atoms with van der Waals surface area (Å²) in [6.07, 6.45) is 0. The van der Waals surface area contributed by atoms with E-state index in [0.717, 1.165) is 0 Å². The van der Waals surface area contributed by atoms with Gasteiger partial charge in [-0.25, -0.2) is 8.42 Å². The number of aliphatic hydroxyl groups is 1. The number of rotatable bonds is 5. The minimum absolute atomic E-state index is 0.167. The van der Waals surface area contributed by atoms with E-state index in [9.17, 15) is 8.42 Å². The molecule has 6 heteroatoms. The maximum atomic E-state index is 12.1. The average Bonchev–Trinajstić information content (AvgIpc) is 2.40. The predicted octanol–water partition coefficient (Wildman–Crippen LogP) is 1.85. The van der Waals surface area contributed by atoms with Gasteiger partial charge in [0.05, 0.1) is 4.90 Å². The maximum absolute atomic E-state index is 12.1. The molecule has 19 heavy (non-hydrogen) atoms. The van der Waals surface area contributed by atoms with Crippen LogP contribution >= 0.6 is 0 Å². The molecule has 0 bridgehead atoms. The van der Waals surface area contributed by atoms with E-state index in [1.54, 1.807) is 36.4 Å². The van der Waals surface area contributed by atoms with Crippen molar-refractivity contribution < 1.29 is 13.5 Å². The summed E-state index contributed by atoms with van der Waals surface area (Å²) in [6.45, 7) is -0.200. The number of hydrogen-bond donors (Lipinski definition) is 3. The van der Waals surface area contributed by atoms with Gasteiger partial charge < -0.3 is 10.4 Å². The van der Waals surface area contributed by atoms with Gasteiger partial charge in [0.2, 0.25) is 0 Å². The Kier molecular flexibility index (Phi) is 4.03. The van der Waals surface area contributed by atoms with E-state index in [-0.39, 0.29) is 11.6 Å². The van der Waals surface area contributed by atoms with Crippen molar-refractivity contribution >= 4 is 21.4 Å². The quantitative estimate of drug-likeness (QED) is 0.729. The third-order valence-electron chi connectivity index (χ3n) is 2.47. The Morgan fingerprint density at radius 3 is 2.11 bits per heavy atom. The predicted molar refractivity (Wildman–Crippen MR) is 74.4 cm³/mol. The van der Waals surface area contributed by atoms with Crippen molar-refractivity contribution in [3.8, 4) is 0 Å². The Morgan fingerprint density at radius 1 is 0.895 bits per heavy atom. The average molecular weight is 278 g/mol. The Balaban J connectivity index is 2.20. The molecule has 0 aliphatic heterocycles. The van der Waals surface area contributed by atoms with Crippen LogP contribution in [-0.4, -0.2) is 20.3 Å². The lowest BCUT2D eigenvalue weighted by atomic mass is 10.3. The third-order valence-corrected chi connectivity index (χ3v) is 3.87. The summed E-state index contributed by atoms with van der Waals surface area (Å²) in [5, 5.41) is 11.4. The number of benzene rings is 2. The first-order chi connectivity index (χ1) is 9.12. The van der Waals surface area contributed by atoms with Gasteiger partial charge in [0.25, 0.3) is 10.0 Å². The molecule has 0 radical (unpaired) electrons. The molecule has 100 valence electrons. The van der Waals surface area contributed by atoms with Crippen LogP contribution in [0, 0.1) is 0 Å². The van der Waals surface area contributed by atoms with E-state index in [1.807, 2.05) is 6.07 Å². The largest absolute Gasteiger partial charge is 0.377 e. The SMILES string of the molecule is O=S(=O)(Nc1ccccc1)c1ccc(NCO)cc1. The van der Waals surface area contributed by atoms with Crippen molar-refractivity contribution in [1.82, 2.24) is 0 Å². The fraction of sp³-hybridized carbons (Fsp3) is 0.0769. The third kappa shape index (κ3) is 3.46. The number of nitrogens with one attached hydrogen (secondary N) is 2. The van der Waals surface area contributed by atoms with Crippen molar-refractivity contribution in [2.24, 2.45) is 0 Å². The van der Waals surface area contributed by atoms with Crippen LogP contribution in [0.25, 0.3) is 0 Å². The topological polar surface area (TPSA) is 78.4 Å². The van der Waals surface area contributed by atoms with Crippen LogP contribution in [-0.2, 0) is 10.0 Å². The molecule has 0 unspecified atom stereocenters. The van der Waals surface area contributed by atoms with Gasteiger partial charge in [0.15, 0.2) is 0 Å². The second kappa shape index (κ2) is 5.73. The first-order valence-electron chi connectivity index (χ1n) is 5.64. The van der Waals surface area contributed by atoms with Gasteiger partial charge in [0.1, 0.15) is 6.73 Å². The normalized spacial score (nSPS) is 11.0. The van der Waals surface area contributed by atoms with Crippen LogP contribution in [0.3, 0.4) is 0 Å². The zero-order valence-corrected chi connectivity index (χ0v) is 10.9. The highest BCUT2D eigenvalue weighted by molar-refractivity contribution is 7.92. The van der Waals surface area contributed by atoms with E-state index >= 15 is 0 Å². The number of anilines is 2. The molecule has 0 amide bonds. The van der Waals surface area contributed by atoms with Crippen LogP contribution in [0.2, 0.25) is 0 Å². The van der Waals surface area contributed by atoms with E-state index in [2.05, 4.69) is 10.0 Å². The molecule has 0 aliphatic rings. The summed E-state index contributed by atoms with van der Waals surface area (Å²) in [7, 11) is -3.59. The standard InChI is InChI=1S/C13H14N2O3S/c16-10-14-11-6-8-13(9-7-11)19(17,18)15-12-4-2-1-3-5-12/h1-9,14-16H,10H2. The summed E-state index contributed by atoms with van der Waals surface area (Å²) < 4.78 is 26.7. The van der Waals surface area contributed by atoms with Gasteiger partial charge in [0, 0.05) is 11.4 Å². The second-order valence-electron chi connectivity index (χ2n) is 3.83. The van der Waals surface area contributed by atoms with Crippen molar-refractivity contribution in [2.45, 2.75) is 4.90 Å².